The van der Waals surface area contributed by atoms with Gasteiger partial charge in [-0.3, -0.25) is 4.68 Å². The number of pyridine rings is 2. The second kappa shape index (κ2) is 6.75. The van der Waals surface area contributed by atoms with Crippen LogP contribution in [-0.4, -0.2) is 39.0 Å². The fraction of sp³-hybridized carbons (Fsp3) is 0.190. The number of fused-ring (bicyclic) bond motifs is 2. The molecule has 0 saturated heterocycles. The Labute approximate surface area is 168 Å². The highest BCUT2D eigenvalue weighted by molar-refractivity contribution is 7.89. The van der Waals surface area contributed by atoms with Crippen LogP contribution in [0.25, 0.3) is 22.2 Å². The van der Waals surface area contributed by atoms with Gasteiger partial charge in [0.1, 0.15) is 0 Å². The topological polar surface area (TPSA) is 81.0 Å². The molecule has 4 aromatic rings. The van der Waals surface area contributed by atoms with Gasteiger partial charge in [0.05, 0.1) is 11.1 Å². The van der Waals surface area contributed by atoms with Crippen molar-refractivity contribution < 1.29 is 8.42 Å². The first kappa shape index (κ1) is 18.0. The summed E-state index contributed by atoms with van der Waals surface area (Å²) in [4.78, 5) is 9.52. The first-order valence-corrected chi connectivity index (χ1v) is 10.8. The summed E-state index contributed by atoms with van der Waals surface area (Å²) in [6.45, 7) is 0.725. The van der Waals surface area contributed by atoms with Crippen molar-refractivity contribution in [3.63, 3.8) is 0 Å². The van der Waals surface area contributed by atoms with E-state index in [1.54, 1.807) is 41.3 Å². The highest BCUT2D eigenvalue weighted by Gasteiger charge is 2.29. The van der Waals surface area contributed by atoms with E-state index in [4.69, 9.17) is 4.98 Å². The molecule has 0 fully saturated rings. The SMILES string of the molecule is Cn1cc(-c2cnc3nc4c(cc3c2)CN(S(=O)(=O)c2ccccc2)CC4)cn1. The van der Waals surface area contributed by atoms with Gasteiger partial charge in [-0.15, -0.1) is 0 Å². The molecule has 1 aliphatic heterocycles. The van der Waals surface area contributed by atoms with E-state index >= 15 is 0 Å². The molecule has 0 atom stereocenters. The van der Waals surface area contributed by atoms with Crippen LogP contribution in [0.15, 0.2) is 66.0 Å². The number of hydrogen-bond acceptors (Lipinski definition) is 5. The van der Waals surface area contributed by atoms with Crippen LogP contribution in [0.1, 0.15) is 11.3 Å². The molecule has 1 aromatic carbocycles. The third-order valence-electron chi connectivity index (χ3n) is 5.20. The van der Waals surface area contributed by atoms with E-state index in [2.05, 4.69) is 10.1 Å². The third-order valence-corrected chi connectivity index (χ3v) is 7.06. The number of sulfonamides is 1. The Morgan fingerprint density at radius 2 is 1.86 bits per heavy atom. The largest absolute Gasteiger partial charge is 0.275 e. The Balaban J connectivity index is 1.52. The number of hydrogen-bond donors (Lipinski definition) is 0. The van der Waals surface area contributed by atoms with Crippen LogP contribution in [0.4, 0.5) is 0 Å². The molecular weight excluding hydrogens is 386 g/mol. The van der Waals surface area contributed by atoms with Gasteiger partial charge in [0, 0.05) is 61.2 Å². The molecule has 0 N–H and O–H groups in total. The average molecular weight is 405 g/mol. The molecule has 0 unspecified atom stereocenters. The Morgan fingerprint density at radius 3 is 2.62 bits per heavy atom. The minimum Gasteiger partial charge on any atom is -0.275 e. The second-order valence-corrected chi connectivity index (χ2v) is 9.11. The van der Waals surface area contributed by atoms with Crippen molar-refractivity contribution in [1.82, 2.24) is 24.1 Å². The van der Waals surface area contributed by atoms with E-state index in [9.17, 15) is 8.42 Å². The van der Waals surface area contributed by atoms with Gasteiger partial charge in [-0.1, -0.05) is 18.2 Å². The van der Waals surface area contributed by atoms with Crippen LogP contribution in [0.2, 0.25) is 0 Å². The van der Waals surface area contributed by atoms with E-state index in [1.165, 1.54) is 4.31 Å². The number of aryl methyl sites for hydroxylation is 1. The van der Waals surface area contributed by atoms with Crippen molar-refractivity contribution in [2.45, 2.75) is 17.9 Å². The molecule has 0 amide bonds. The smallest absolute Gasteiger partial charge is 0.243 e. The quantitative estimate of drug-likeness (QED) is 0.524. The maximum absolute atomic E-state index is 13.0. The summed E-state index contributed by atoms with van der Waals surface area (Å²) in [5.41, 5.74) is 4.45. The highest BCUT2D eigenvalue weighted by atomic mass is 32.2. The minimum absolute atomic E-state index is 0.312. The molecule has 3 aromatic heterocycles. The summed E-state index contributed by atoms with van der Waals surface area (Å²) >= 11 is 0. The van der Waals surface area contributed by atoms with Crippen molar-refractivity contribution in [2.24, 2.45) is 7.05 Å². The van der Waals surface area contributed by atoms with E-state index in [1.807, 2.05) is 31.4 Å². The van der Waals surface area contributed by atoms with E-state index in [0.717, 1.165) is 27.8 Å². The lowest BCUT2D eigenvalue weighted by Gasteiger charge is -2.27. The van der Waals surface area contributed by atoms with Crippen LogP contribution >= 0.6 is 0 Å². The fourth-order valence-corrected chi connectivity index (χ4v) is 5.11. The molecule has 7 nitrogen and oxygen atoms in total. The number of rotatable bonds is 3. The zero-order valence-electron chi connectivity index (χ0n) is 15.9. The van der Waals surface area contributed by atoms with Gasteiger partial charge < -0.3 is 0 Å². The summed E-state index contributed by atoms with van der Waals surface area (Å²) in [5, 5.41) is 5.10. The molecule has 1 aliphatic rings. The molecule has 146 valence electrons. The Morgan fingerprint density at radius 1 is 1.03 bits per heavy atom. The summed E-state index contributed by atoms with van der Waals surface area (Å²) < 4.78 is 29.2. The standard InChI is InChI=1S/C21H19N5O2S/c1-25-13-18(12-23-25)16-9-15-10-17-14-26(8-7-20(17)24-21(15)22-11-16)29(27,28)19-5-3-2-4-6-19/h2-6,9-13H,7-8,14H2,1H3. The van der Waals surface area contributed by atoms with E-state index < -0.39 is 10.0 Å². The molecule has 5 rings (SSSR count). The summed E-state index contributed by atoms with van der Waals surface area (Å²) in [6.07, 6.45) is 6.10. The van der Waals surface area contributed by atoms with Gasteiger partial charge in [0.25, 0.3) is 0 Å². The average Bonchev–Trinajstić information content (AvgIpc) is 3.18. The lowest BCUT2D eigenvalue weighted by atomic mass is 10.0. The predicted molar refractivity (Wildman–Crippen MR) is 109 cm³/mol. The lowest BCUT2D eigenvalue weighted by Crippen LogP contribution is -2.36. The number of aromatic nitrogens is 4. The lowest BCUT2D eigenvalue weighted by molar-refractivity contribution is 0.388. The summed E-state index contributed by atoms with van der Waals surface area (Å²) in [7, 11) is -1.65. The Kier molecular flexibility index (Phi) is 4.18. The van der Waals surface area contributed by atoms with Gasteiger partial charge in [-0.25, -0.2) is 18.4 Å². The minimum atomic E-state index is -3.53. The monoisotopic (exact) mass is 405 g/mol. The molecule has 29 heavy (non-hydrogen) atoms. The molecule has 0 saturated carbocycles. The maximum atomic E-state index is 13.0. The van der Waals surface area contributed by atoms with Crippen LogP contribution in [0.3, 0.4) is 0 Å². The Bertz CT molecular complexity index is 1320. The zero-order valence-corrected chi connectivity index (χ0v) is 16.7. The predicted octanol–water partition coefficient (Wildman–Crippen LogP) is 2.78. The summed E-state index contributed by atoms with van der Waals surface area (Å²) in [5.74, 6) is 0. The third kappa shape index (κ3) is 3.20. The van der Waals surface area contributed by atoms with Crippen LogP contribution in [0.5, 0.6) is 0 Å². The second-order valence-electron chi connectivity index (χ2n) is 7.17. The molecule has 0 bridgehead atoms. The Hall–Kier alpha value is -3.10. The van der Waals surface area contributed by atoms with Gasteiger partial charge in [0.15, 0.2) is 5.65 Å². The van der Waals surface area contributed by atoms with Gasteiger partial charge in [-0.2, -0.15) is 9.40 Å². The van der Waals surface area contributed by atoms with E-state index in [-0.39, 0.29) is 0 Å². The molecule has 0 aliphatic carbocycles. The number of benzene rings is 1. The van der Waals surface area contributed by atoms with Crippen molar-refractivity contribution >= 4 is 21.1 Å². The fourth-order valence-electron chi connectivity index (χ4n) is 3.67. The van der Waals surface area contributed by atoms with Gasteiger partial charge in [-0.05, 0) is 29.8 Å². The van der Waals surface area contributed by atoms with Crippen LogP contribution < -0.4 is 0 Å². The first-order chi connectivity index (χ1) is 14.0. The van der Waals surface area contributed by atoms with E-state index in [0.29, 0.717) is 30.1 Å². The molecule has 0 radical (unpaired) electrons. The molecular formula is C21H19N5O2S. The zero-order chi connectivity index (χ0) is 20.0. The van der Waals surface area contributed by atoms with Gasteiger partial charge in [0.2, 0.25) is 10.0 Å². The normalized spacial score (nSPS) is 14.8. The molecule has 8 heteroatoms. The highest BCUT2D eigenvalue weighted by Crippen LogP contribution is 2.28. The molecule has 4 heterocycles. The van der Waals surface area contributed by atoms with Gasteiger partial charge >= 0.3 is 0 Å². The van der Waals surface area contributed by atoms with Crippen molar-refractivity contribution in [3.05, 3.63) is 72.3 Å². The van der Waals surface area contributed by atoms with Crippen molar-refractivity contribution in [1.29, 1.82) is 0 Å². The molecule has 0 spiro atoms. The van der Waals surface area contributed by atoms with Crippen molar-refractivity contribution in [3.8, 4) is 11.1 Å². The summed E-state index contributed by atoms with van der Waals surface area (Å²) in [6, 6.07) is 12.6. The van der Waals surface area contributed by atoms with Crippen LogP contribution in [-0.2, 0) is 30.0 Å². The van der Waals surface area contributed by atoms with Crippen LogP contribution in [0, 0.1) is 0 Å². The number of nitrogens with zero attached hydrogens (tertiary/aromatic N) is 5. The first-order valence-electron chi connectivity index (χ1n) is 9.33. The van der Waals surface area contributed by atoms with Crippen molar-refractivity contribution in [2.75, 3.05) is 6.54 Å². The maximum Gasteiger partial charge on any atom is 0.243 e.